The molecule has 0 radical (unpaired) electrons. The lowest BCUT2D eigenvalue weighted by atomic mass is 10.1. The minimum atomic E-state index is -0.216. The second-order valence-electron chi connectivity index (χ2n) is 3.46. The van der Waals surface area contributed by atoms with Crippen LogP contribution in [0.15, 0.2) is 32.6 Å². The Morgan fingerprint density at radius 3 is 1.95 bits per heavy atom. The van der Waals surface area contributed by atoms with E-state index in [1.165, 1.54) is 12.1 Å². The lowest BCUT2D eigenvalue weighted by Gasteiger charge is -2.07. The lowest BCUT2D eigenvalue weighted by Crippen LogP contribution is -1.86. The number of aromatic nitrogens is 2. The first-order valence-corrected chi connectivity index (χ1v) is 5.30. The monoisotopic (exact) mass is 294 g/mol. The largest absolute Gasteiger partial charge is 0.157 e. The normalized spacial score (nSPS) is 8.91. The molecule has 14 heteroatoms. The molecular weight excluding hydrogens is 292 g/mol. The van der Waals surface area contributed by atoms with Crippen LogP contribution in [0, 0.1) is 0 Å². The van der Waals surface area contributed by atoms with Gasteiger partial charge in [-0.05, 0) is 32.4 Å². The number of benzene rings is 1. The van der Waals surface area contributed by atoms with Crippen molar-refractivity contribution in [3.63, 3.8) is 0 Å². The van der Waals surface area contributed by atoms with Crippen molar-refractivity contribution in [3.8, 4) is 0 Å². The zero-order valence-corrected chi connectivity index (χ0v) is 10.4. The van der Waals surface area contributed by atoms with E-state index in [4.69, 9.17) is 22.1 Å². The molecule has 104 valence electrons. The fraction of sp³-hybridized carbons (Fsp3) is 0. The summed E-state index contributed by atoms with van der Waals surface area (Å²) in [6.07, 6.45) is 0. The highest BCUT2D eigenvalue weighted by atomic mass is 15.3. The van der Waals surface area contributed by atoms with Crippen molar-refractivity contribution in [3.05, 3.63) is 53.9 Å². The Kier molecular flexibility index (Phi) is 4.07. The standard InChI is InChI=1S/C8H2N14/c9-19-13-4-2-1-3-5(6(4)14-20-10)8(18-22-12)16-15-7(3)17-21-11/h1-2H. The zero-order chi connectivity index (χ0) is 15.9. The van der Waals surface area contributed by atoms with Crippen molar-refractivity contribution in [2.75, 3.05) is 0 Å². The highest BCUT2D eigenvalue weighted by Gasteiger charge is 2.14. The van der Waals surface area contributed by atoms with Crippen LogP contribution in [0.25, 0.3) is 52.5 Å². The Morgan fingerprint density at radius 1 is 0.727 bits per heavy atom. The van der Waals surface area contributed by atoms with E-state index < -0.39 is 0 Å². The van der Waals surface area contributed by atoms with E-state index in [1.807, 2.05) is 0 Å². The molecule has 0 atom stereocenters. The van der Waals surface area contributed by atoms with E-state index >= 15 is 0 Å². The maximum absolute atomic E-state index is 8.67. The number of hydrogen-bond acceptors (Lipinski definition) is 6. The Labute approximate surface area is 119 Å². The minimum absolute atomic E-state index is 0.0120. The van der Waals surface area contributed by atoms with Crippen molar-refractivity contribution < 1.29 is 0 Å². The number of hydrogen-bond donors (Lipinski definition) is 0. The molecule has 0 amide bonds. The third-order valence-electron chi connectivity index (χ3n) is 2.44. The molecule has 22 heavy (non-hydrogen) atoms. The van der Waals surface area contributed by atoms with Crippen LogP contribution in [0.4, 0.5) is 23.0 Å². The first kappa shape index (κ1) is 14.2. The maximum atomic E-state index is 8.67. The Morgan fingerprint density at radius 2 is 1.32 bits per heavy atom. The number of azide groups is 4. The predicted molar refractivity (Wildman–Crippen MR) is 74.8 cm³/mol. The zero-order valence-electron chi connectivity index (χ0n) is 10.4. The lowest BCUT2D eigenvalue weighted by molar-refractivity contribution is 1.03. The molecule has 0 bridgehead atoms. The average Bonchev–Trinajstić information content (AvgIpc) is 2.52. The van der Waals surface area contributed by atoms with Gasteiger partial charge in [-0.1, -0.05) is 22.4 Å². The number of nitrogens with zero attached hydrogens (tertiary/aromatic N) is 14. The fourth-order valence-corrected chi connectivity index (χ4v) is 1.69. The Hall–Kier alpha value is -4.20. The van der Waals surface area contributed by atoms with Crippen LogP contribution in [-0.2, 0) is 0 Å². The van der Waals surface area contributed by atoms with Gasteiger partial charge >= 0.3 is 0 Å². The van der Waals surface area contributed by atoms with Gasteiger partial charge in [0.25, 0.3) is 0 Å². The fourth-order valence-electron chi connectivity index (χ4n) is 1.69. The van der Waals surface area contributed by atoms with Crippen LogP contribution in [0.2, 0.25) is 0 Å². The van der Waals surface area contributed by atoms with Gasteiger partial charge in [-0.3, -0.25) is 0 Å². The summed E-state index contributed by atoms with van der Waals surface area (Å²) in [4.78, 5) is 10.4. The van der Waals surface area contributed by atoms with Crippen LogP contribution >= 0.6 is 0 Å². The summed E-state index contributed by atoms with van der Waals surface area (Å²) < 4.78 is 0. The summed E-state index contributed by atoms with van der Waals surface area (Å²) in [7, 11) is 0. The maximum Gasteiger partial charge on any atom is 0.157 e. The van der Waals surface area contributed by atoms with Gasteiger partial charge in [-0.2, -0.15) is 0 Å². The van der Waals surface area contributed by atoms with Gasteiger partial charge in [0, 0.05) is 36.1 Å². The highest BCUT2D eigenvalue weighted by Crippen LogP contribution is 2.42. The molecule has 0 aliphatic heterocycles. The molecule has 2 aromatic rings. The number of fused-ring (bicyclic) bond motifs is 1. The van der Waals surface area contributed by atoms with Gasteiger partial charge in [-0.25, -0.2) is 0 Å². The average molecular weight is 294 g/mol. The van der Waals surface area contributed by atoms with E-state index in [1.54, 1.807) is 0 Å². The van der Waals surface area contributed by atoms with Crippen molar-refractivity contribution in [2.45, 2.75) is 0 Å². The van der Waals surface area contributed by atoms with Gasteiger partial charge < -0.3 is 0 Å². The van der Waals surface area contributed by atoms with Crippen LogP contribution in [0.1, 0.15) is 0 Å². The quantitative estimate of drug-likeness (QED) is 0.410. The van der Waals surface area contributed by atoms with Gasteiger partial charge in [0.05, 0.1) is 5.69 Å². The Bertz CT molecular complexity index is 948. The van der Waals surface area contributed by atoms with E-state index in [0.29, 0.717) is 0 Å². The third kappa shape index (κ3) is 2.42. The number of rotatable bonds is 4. The summed E-state index contributed by atoms with van der Waals surface area (Å²) >= 11 is 0. The predicted octanol–water partition coefficient (Wildman–Crippen LogP) is 5.40. The molecule has 1 heterocycles. The third-order valence-corrected chi connectivity index (χ3v) is 2.44. The molecule has 0 aliphatic rings. The molecule has 0 N–H and O–H groups in total. The molecule has 1 aromatic heterocycles. The molecule has 0 unspecified atom stereocenters. The second-order valence-corrected chi connectivity index (χ2v) is 3.46. The van der Waals surface area contributed by atoms with Gasteiger partial charge in [0.15, 0.2) is 11.6 Å². The van der Waals surface area contributed by atoms with Crippen LogP contribution in [0.3, 0.4) is 0 Å². The van der Waals surface area contributed by atoms with Crippen molar-refractivity contribution in [2.24, 2.45) is 20.5 Å². The van der Waals surface area contributed by atoms with Gasteiger partial charge in [-0.15, -0.1) is 10.2 Å². The molecule has 0 aliphatic carbocycles. The molecule has 14 nitrogen and oxygen atoms in total. The molecular formula is C8H2N14. The second kappa shape index (κ2) is 6.30. The minimum Gasteiger partial charge on any atom is -0.148 e. The summed E-state index contributed by atoms with van der Waals surface area (Å²) in [6.45, 7) is 0. The first-order valence-electron chi connectivity index (χ1n) is 5.30. The molecule has 0 saturated heterocycles. The van der Waals surface area contributed by atoms with Crippen molar-refractivity contribution >= 4 is 33.8 Å². The van der Waals surface area contributed by atoms with E-state index in [0.717, 1.165) is 0 Å². The van der Waals surface area contributed by atoms with Crippen molar-refractivity contribution in [1.29, 1.82) is 0 Å². The van der Waals surface area contributed by atoms with E-state index in [-0.39, 0.29) is 33.8 Å². The van der Waals surface area contributed by atoms with Crippen LogP contribution in [0.5, 0.6) is 0 Å². The highest BCUT2D eigenvalue weighted by molar-refractivity contribution is 6.07. The van der Waals surface area contributed by atoms with Gasteiger partial charge in [0.1, 0.15) is 0 Å². The summed E-state index contributed by atoms with van der Waals surface area (Å²) in [5.74, 6) is -0.331. The molecule has 2 rings (SSSR count). The van der Waals surface area contributed by atoms with Crippen molar-refractivity contribution in [1.82, 2.24) is 10.2 Å². The first-order chi connectivity index (χ1) is 10.8. The SMILES string of the molecule is [N-]=[N+]=Nc1ccc2c(N=[N+]=[N-])nnc(N=[N+]=[N-])c2c1N=[N+]=[N-]. The van der Waals surface area contributed by atoms with Crippen LogP contribution in [-0.4, -0.2) is 10.2 Å². The summed E-state index contributed by atoms with van der Waals surface area (Å²) in [6, 6.07) is 2.74. The topological polar surface area (TPSA) is 221 Å². The summed E-state index contributed by atoms with van der Waals surface area (Å²) in [5, 5.41) is 21.0. The molecule has 0 saturated carbocycles. The molecule has 0 fully saturated rings. The van der Waals surface area contributed by atoms with Gasteiger partial charge in [0.2, 0.25) is 0 Å². The molecule has 1 aromatic carbocycles. The van der Waals surface area contributed by atoms with Crippen LogP contribution < -0.4 is 0 Å². The van der Waals surface area contributed by atoms with E-state index in [2.05, 4.69) is 50.3 Å². The Balaban J connectivity index is 3.11. The smallest absolute Gasteiger partial charge is 0.148 e. The summed E-state index contributed by atoms with van der Waals surface area (Å²) in [5.41, 5.74) is 34.2. The van der Waals surface area contributed by atoms with E-state index in [9.17, 15) is 0 Å². The molecule has 0 spiro atoms.